The van der Waals surface area contributed by atoms with Gasteiger partial charge in [0.05, 0.1) is 11.1 Å². The van der Waals surface area contributed by atoms with Gasteiger partial charge < -0.3 is 5.32 Å². The second-order valence-corrected chi connectivity index (χ2v) is 9.83. The number of alkyl halides is 6. The van der Waals surface area contributed by atoms with Crippen LogP contribution in [0, 0.1) is 0 Å². The molecule has 3 aromatic carbocycles. The van der Waals surface area contributed by atoms with Gasteiger partial charge in [-0.3, -0.25) is 14.9 Å². The lowest BCUT2D eigenvalue weighted by Crippen LogP contribution is -2.45. The molecule has 4 aromatic rings. The largest absolute Gasteiger partial charge is 0.416 e. The Morgan fingerprint density at radius 1 is 0.850 bits per heavy atom. The molecule has 40 heavy (non-hydrogen) atoms. The monoisotopic (exact) mass is 598 g/mol. The van der Waals surface area contributed by atoms with E-state index in [2.05, 4.69) is 20.8 Å². The van der Waals surface area contributed by atoms with Crippen LogP contribution in [0.4, 0.5) is 31.5 Å². The molecule has 2 N–H and O–H groups in total. The minimum atomic E-state index is -5.14. The zero-order valence-corrected chi connectivity index (χ0v) is 21.6. The highest BCUT2D eigenvalue weighted by Gasteiger charge is 2.38. The first-order valence-corrected chi connectivity index (χ1v) is 12.5. The molecule has 4 rings (SSSR count). The molecule has 1 aromatic heterocycles. The molecule has 0 radical (unpaired) electrons. The molecule has 0 fully saturated rings. The molecule has 0 aliphatic heterocycles. The van der Waals surface area contributed by atoms with E-state index in [0.29, 0.717) is 33.3 Å². The molecule has 0 saturated heterocycles. The molecular formula is C26H17ClF6N4O2S. The number of anilines is 1. The van der Waals surface area contributed by atoms with Crippen molar-refractivity contribution < 1.29 is 35.9 Å². The maximum atomic E-state index is 13.3. The molecule has 6 nitrogen and oxygen atoms in total. The molecule has 1 atom stereocenters. The van der Waals surface area contributed by atoms with Crippen molar-refractivity contribution >= 4 is 39.9 Å². The van der Waals surface area contributed by atoms with Crippen molar-refractivity contribution in [3.63, 3.8) is 0 Å². The lowest BCUT2D eigenvalue weighted by molar-refractivity contribution is -0.143. The third kappa shape index (κ3) is 7.36. The second kappa shape index (κ2) is 11.6. The number of carbonyl (C=O) groups is 2. The van der Waals surface area contributed by atoms with Crippen molar-refractivity contribution in [3.05, 3.63) is 100 Å². The van der Waals surface area contributed by atoms with E-state index in [-0.39, 0.29) is 17.6 Å². The number of halogens is 7. The molecule has 0 aliphatic carbocycles. The molecule has 208 valence electrons. The zero-order valence-electron chi connectivity index (χ0n) is 20.0. The molecule has 14 heteroatoms. The van der Waals surface area contributed by atoms with Crippen LogP contribution in [0.1, 0.15) is 27.0 Å². The van der Waals surface area contributed by atoms with Gasteiger partial charge in [0.2, 0.25) is 11.0 Å². The number of carbonyl (C=O) groups excluding carboxylic acids is 2. The number of benzene rings is 3. The van der Waals surface area contributed by atoms with Crippen LogP contribution in [0.15, 0.2) is 72.8 Å². The third-order valence-corrected chi connectivity index (χ3v) is 6.64. The Morgan fingerprint density at radius 3 is 2.02 bits per heavy atom. The van der Waals surface area contributed by atoms with Crippen LogP contribution in [0.5, 0.6) is 0 Å². The quantitative estimate of drug-likeness (QED) is 0.227. The fourth-order valence-corrected chi connectivity index (χ4v) is 4.44. The number of rotatable bonds is 7. The Kier molecular flexibility index (Phi) is 8.45. The minimum absolute atomic E-state index is 0.0562. The normalized spacial score (nSPS) is 12.6. The third-order valence-electron chi connectivity index (χ3n) is 5.50. The van der Waals surface area contributed by atoms with Crippen molar-refractivity contribution in [2.45, 2.75) is 24.8 Å². The summed E-state index contributed by atoms with van der Waals surface area (Å²) in [5, 5.41) is 13.7. The highest BCUT2D eigenvalue weighted by Crippen LogP contribution is 2.36. The molecule has 0 bridgehead atoms. The van der Waals surface area contributed by atoms with E-state index in [1.54, 1.807) is 54.6 Å². The SMILES string of the molecule is O=C(NC(Cc1ccccc1)C(=O)Nc1nnc(-c2ccc(Cl)cc2)s1)c1cc(C(F)(F)F)cc(C(F)(F)F)c1. The summed E-state index contributed by atoms with van der Waals surface area (Å²) in [5.74, 6) is -2.11. The maximum Gasteiger partial charge on any atom is 0.416 e. The summed E-state index contributed by atoms with van der Waals surface area (Å²) < 4.78 is 79.7. The van der Waals surface area contributed by atoms with Crippen molar-refractivity contribution in [1.29, 1.82) is 0 Å². The lowest BCUT2D eigenvalue weighted by Gasteiger charge is -2.19. The van der Waals surface area contributed by atoms with Crippen LogP contribution in [-0.4, -0.2) is 28.1 Å². The van der Waals surface area contributed by atoms with Gasteiger partial charge >= 0.3 is 12.4 Å². The van der Waals surface area contributed by atoms with Gasteiger partial charge in [-0.2, -0.15) is 26.3 Å². The first-order chi connectivity index (χ1) is 18.8. The molecule has 0 aliphatic rings. The highest BCUT2D eigenvalue weighted by atomic mass is 35.5. The number of hydrogen-bond donors (Lipinski definition) is 2. The van der Waals surface area contributed by atoms with Gasteiger partial charge in [-0.15, -0.1) is 10.2 Å². The van der Waals surface area contributed by atoms with Crippen molar-refractivity contribution in [2.24, 2.45) is 0 Å². The first-order valence-electron chi connectivity index (χ1n) is 11.3. The summed E-state index contributed by atoms with van der Waals surface area (Å²) in [6.45, 7) is 0. The van der Waals surface area contributed by atoms with Gasteiger partial charge in [-0.1, -0.05) is 65.4 Å². The summed E-state index contributed by atoms with van der Waals surface area (Å²) >= 11 is 6.90. The predicted molar refractivity (Wildman–Crippen MR) is 137 cm³/mol. The Morgan fingerprint density at radius 2 is 1.45 bits per heavy atom. The number of amides is 2. The van der Waals surface area contributed by atoms with Gasteiger partial charge in [0.15, 0.2) is 0 Å². The second-order valence-electron chi connectivity index (χ2n) is 8.42. The fourth-order valence-electron chi connectivity index (χ4n) is 3.56. The summed E-state index contributed by atoms with van der Waals surface area (Å²) in [5.41, 5.74) is -2.97. The van der Waals surface area contributed by atoms with E-state index in [4.69, 9.17) is 11.6 Å². The van der Waals surface area contributed by atoms with E-state index < -0.39 is 46.9 Å². The van der Waals surface area contributed by atoms with E-state index in [1.165, 1.54) is 0 Å². The average Bonchev–Trinajstić information content (AvgIpc) is 3.36. The topological polar surface area (TPSA) is 84.0 Å². The summed E-state index contributed by atoms with van der Waals surface area (Å²) in [6, 6.07) is 14.1. The smallest absolute Gasteiger partial charge is 0.340 e. The van der Waals surface area contributed by atoms with Crippen LogP contribution in [0.25, 0.3) is 10.6 Å². The Bertz CT molecular complexity index is 1480. The van der Waals surface area contributed by atoms with Gasteiger partial charge in [-0.25, -0.2) is 0 Å². The van der Waals surface area contributed by atoms with Crippen LogP contribution in [-0.2, 0) is 23.6 Å². The highest BCUT2D eigenvalue weighted by molar-refractivity contribution is 7.18. The van der Waals surface area contributed by atoms with Crippen molar-refractivity contribution in [3.8, 4) is 10.6 Å². The standard InChI is InChI=1S/C26H17ClF6N4O2S/c27-19-8-6-15(7-9-19)23-36-37-24(40-23)35-22(39)20(10-14-4-2-1-3-5-14)34-21(38)16-11-17(25(28,29)30)13-18(12-16)26(31,32)33/h1-9,11-13,20H,10H2,(H,34,38)(H,35,37,39). The Hall–Kier alpha value is -3.97. The summed E-state index contributed by atoms with van der Waals surface area (Å²) in [7, 11) is 0. The average molecular weight is 599 g/mol. The summed E-state index contributed by atoms with van der Waals surface area (Å²) in [6.07, 6.45) is -10.4. The number of hydrogen-bond acceptors (Lipinski definition) is 5. The van der Waals surface area contributed by atoms with E-state index in [1.807, 2.05) is 0 Å². The van der Waals surface area contributed by atoms with Gasteiger partial charge in [0.25, 0.3) is 5.91 Å². The van der Waals surface area contributed by atoms with Crippen molar-refractivity contribution in [2.75, 3.05) is 5.32 Å². The minimum Gasteiger partial charge on any atom is -0.340 e. The van der Waals surface area contributed by atoms with Gasteiger partial charge in [0.1, 0.15) is 11.0 Å². The molecule has 0 spiro atoms. The van der Waals surface area contributed by atoms with E-state index in [0.717, 1.165) is 11.3 Å². The molecule has 1 unspecified atom stereocenters. The number of aromatic nitrogens is 2. The number of nitrogens with one attached hydrogen (secondary N) is 2. The van der Waals surface area contributed by atoms with Crippen molar-refractivity contribution in [1.82, 2.24) is 15.5 Å². The molecule has 2 amide bonds. The summed E-state index contributed by atoms with van der Waals surface area (Å²) in [4.78, 5) is 26.1. The van der Waals surface area contributed by atoms with Crippen LogP contribution < -0.4 is 10.6 Å². The molecular weight excluding hydrogens is 582 g/mol. The van der Waals surface area contributed by atoms with Gasteiger partial charge in [-0.05, 0) is 35.9 Å². The Labute approximate surface area is 232 Å². The van der Waals surface area contributed by atoms with E-state index >= 15 is 0 Å². The van der Waals surface area contributed by atoms with Crippen LogP contribution in [0.3, 0.4) is 0 Å². The first kappa shape index (κ1) is 29.0. The van der Waals surface area contributed by atoms with Gasteiger partial charge in [0, 0.05) is 22.6 Å². The van der Waals surface area contributed by atoms with Crippen LogP contribution in [0.2, 0.25) is 5.02 Å². The van der Waals surface area contributed by atoms with E-state index in [9.17, 15) is 35.9 Å². The molecule has 1 heterocycles. The zero-order chi connectivity index (χ0) is 29.1. The Balaban J connectivity index is 1.60. The lowest BCUT2D eigenvalue weighted by atomic mass is 10.0. The molecule has 0 saturated carbocycles. The predicted octanol–water partition coefficient (Wildman–Crippen LogP) is 6.88. The fraction of sp³-hybridized carbons (Fsp3) is 0.154. The van der Waals surface area contributed by atoms with Crippen LogP contribution >= 0.6 is 22.9 Å². The maximum absolute atomic E-state index is 13.3. The number of nitrogens with zero attached hydrogens (tertiary/aromatic N) is 2.